The van der Waals surface area contributed by atoms with Crippen molar-refractivity contribution < 1.29 is 10.2 Å². The average Bonchev–Trinajstić information content (AvgIpc) is 2.52. The SMILES string of the molecule is CC(C)=CC1CC[C@@]2(C)C(O)CC[C@](C)(O)C12. The molecule has 0 amide bonds. The second kappa shape index (κ2) is 4.10. The topological polar surface area (TPSA) is 40.5 Å². The van der Waals surface area contributed by atoms with Crippen LogP contribution in [0.5, 0.6) is 0 Å². The molecule has 3 unspecified atom stereocenters. The van der Waals surface area contributed by atoms with Crippen molar-refractivity contribution >= 4 is 0 Å². The van der Waals surface area contributed by atoms with Crippen LogP contribution in [-0.4, -0.2) is 21.9 Å². The Balaban J connectivity index is 2.35. The summed E-state index contributed by atoms with van der Waals surface area (Å²) in [6, 6.07) is 0. The fourth-order valence-electron chi connectivity index (χ4n) is 4.36. The van der Waals surface area contributed by atoms with E-state index in [1.165, 1.54) is 5.57 Å². The van der Waals surface area contributed by atoms with E-state index in [-0.39, 0.29) is 17.4 Å². The lowest BCUT2D eigenvalue weighted by Gasteiger charge is -2.50. The van der Waals surface area contributed by atoms with E-state index in [1.807, 2.05) is 6.92 Å². The second-order valence-corrected chi connectivity index (χ2v) is 6.84. The number of hydrogen-bond donors (Lipinski definition) is 2. The van der Waals surface area contributed by atoms with Crippen LogP contribution in [0.2, 0.25) is 0 Å². The zero-order valence-corrected chi connectivity index (χ0v) is 11.5. The average molecular weight is 238 g/mol. The predicted octanol–water partition coefficient (Wildman–Crippen LogP) is 2.89. The smallest absolute Gasteiger partial charge is 0.0660 e. The molecule has 2 aliphatic rings. The van der Waals surface area contributed by atoms with Gasteiger partial charge in [0, 0.05) is 5.92 Å². The molecule has 0 radical (unpaired) electrons. The molecule has 98 valence electrons. The lowest BCUT2D eigenvalue weighted by atomic mass is 9.59. The quantitative estimate of drug-likeness (QED) is 0.690. The molecule has 0 saturated heterocycles. The van der Waals surface area contributed by atoms with Gasteiger partial charge in [-0.3, -0.25) is 0 Å². The van der Waals surface area contributed by atoms with Gasteiger partial charge < -0.3 is 10.2 Å². The second-order valence-electron chi connectivity index (χ2n) is 6.84. The molecule has 0 aromatic carbocycles. The monoisotopic (exact) mass is 238 g/mol. The van der Waals surface area contributed by atoms with Gasteiger partial charge in [-0.2, -0.15) is 0 Å². The minimum atomic E-state index is -0.624. The van der Waals surface area contributed by atoms with Crippen LogP contribution < -0.4 is 0 Å². The standard InChI is InChI=1S/C15H26O2/c1-10(2)9-11-5-7-14(3)12(16)6-8-15(4,17)13(11)14/h9,11-13,16-17H,5-8H2,1-4H3/t11?,12?,13?,14-,15-/m0/s1. The van der Waals surface area contributed by atoms with E-state index in [2.05, 4.69) is 26.8 Å². The summed E-state index contributed by atoms with van der Waals surface area (Å²) in [4.78, 5) is 0. The Hall–Kier alpha value is -0.340. The third-order valence-electron chi connectivity index (χ3n) is 5.06. The number of allylic oxidation sites excluding steroid dienone is 2. The van der Waals surface area contributed by atoms with Gasteiger partial charge in [-0.15, -0.1) is 0 Å². The van der Waals surface area contributed by atoms with Crippen molar-refractivity contribution in [1.29, 1.82) is 0 Å². The molecule has 17 heavy (non-hydrogen) atoms. The van der Waals surface area contributed by atoms with Crippen LogP contribution in [-0.2, 0) is 0 Å². The van der Waals surface area contributed by atoms with Gasteiger partial charge in [-0.05, 0) is 57.8 Å². The summed E-state index contributed by atoms with van der Waals surface area (Å²) in [6.07, 6.45) is 5.64. The van der Waals surface area contributed by atoms with Crippen LogP contribution in [0.1, 0.15) is 53.4 Å². The van der Waals surface area contributed by atoms with Crippen molar-refractivity contribution in [2.45, 2.75) is 65.1 Å². The van der Waals surface area contributed by atoms with Crippen molar-refractivity contribution in [2.75, 3.05) is 0 Å². The molecule has 0 bridgehead atoms. The third-order valence-corrected chi connectivity index (χ3v) is 5.06. The molecule has 2 fully saturated rings. The fraction of sp³-hybridized carbons (Fsp3) is 0.867. The van der Waals surface area contributed by atoms with Gasteiger partial charge in [0.15, 0.2) is 0 Å². The minimum Gasteiger partial charge on any atom is -0.393 e. The van der Waals surface area contributed by atoms with Crippen molar-refractivity contribution in [1.82, 2.24) is 0 Å². The van der Waals surface area contributed by atoms with E-state index in [0.717, 1.165) is 25.7 Å². The zero-order chi connectivity index (χ0) is 12.8. The molecule has 2 aliphatic carbocycles. The molecule has 0 aromatic rings. The van der Waals surface area contributed by atoms with Gasteiger partial charge in [0.25, 0.3) is 0 Å². The van der Waals surface area contributed by atoms with E-state index < -0.39 is 5.60 Å². The van der Waals surface area contributed by atoms with Crippen LogP contribution in [0.4, 0.5) is 0 Å². The summed E-state index contributed by atoms with van der Waals surface area (Å²) in [7, 11) is 0. The third kappa shape index (κ3) is 2.06. The van der Waals surface area contributed by atoms with Crippen molar-refractivity contribution in [2.24, 2.45) is 17.3 Å². The number of fused-ring (bicyclic) bond motifs is 1. The van der Waals surface area contributed by atoms with Crippen LogP contribution in [0.25, 0.3) is 0 Å². The Labute approximate surface area is 105 Å². The molecule has 2 heteroatoms. The first-order chi connectivity index (χ1) is 7.77. The highest BCUT2D eigenvalue weighted by atomic mass is 16.3. The van der Waals surface area contributed by atoms with Crippen molar-refractivity contribution in [3.8, 4) is 0 Å². The molecule has 0 heterocycles. The number of aliphatic hydroxyl groups is 2. The van der Waals surface area contributed by atoms with Gasteiger partial charge in [0.05, 0.1) is 11.7 Å². The fourth-order valence-corrected chi connectivity index (χ4v) is 4.36. The van der Waals surface area contributed by atoms with Crippen LogP contribution in [0, 0.1) is 17.3 Å². The molecule has 2 nitrogen and oxygen atoms in total. The molecule has 0 aromatic heterocycles. The van der Waals surface area contributed by atoms with Gasteiger partial charge >= 0.3 is 0 Å². The Morgan fingerprint density at radius 2 is 1.82 bits per heavy atom. The van der Waals surface area contributed by atoms with Crippen LogP contribution in [0.3, 0.4) is 0 Å². The first-order valence-corrected chi connectivity index (χ1v) is 6.83. The summed E-state index contributed by atoms with van der Waals surface area (Å²) in [6.45, 7) is 8.35. The van der Waals surface area contributed by atoms with Crippen LogP contribution >= 0.6 is 0 Å². The summed E-state index contributed by atoms with van der Waals surface area (Å²) in [5, 5.41) is 21.0. The highest BCUT2D eigenvalue weighted by Crippen LogP contribution is 2.58. The van der Waals surface area contributed by atoms with E-state index in [9.17, 15) is 10.2 Å². The predicted molar refractivity (Wildman–Crippen MR) is 69.6 cm³/mol. The Morgan fingerprint density at radius 1 is 1.18 bits per heavy atom. The lowest BCUT2D eigenvalue weighted by molar-refractivity contribution is -0.143. The van der Waals surface area contributed by atoms with Gasteiger partial charge in [-0.1, -0.05) is 18.6 Å². The molecular weight excluding hydrogens is 212 g/mol. The largest absolute Gasteiger partial charge is 0.393 e. The highest BCUT2D eigenvalue weighted by Gasteiger charge is 2.58. The minimum absolute atomic E-state index is 0.0988. The molecular formula is C15H26O2. The molecule has 0 spiro atoms. The Bertz CT molecular complexity index is 328. The number of hydrogen-bond acceptors (Lipinski definition) is 2. The summed E-state index contributed by atoms with van der Waals surface area (Å²) >= 11 is 0. The van der Waals surface area contributed by atoms with Gasteiger partial charge in [0.1, 0.15) is 0 Å². The maximum absolute atomic E-state index is 10.7. The molecule has 0 aliphatic heterocycles. The molecule has 2 N–H and O–H groups in total. The first-order valence-electron chi connectivity index (χ1n) is 6.83. The van der Waals surface area contributed by atoms with Crippen molar-refractivity contribution in [3.63, 3.8) is 0 Å². The Kier molecular flexibility index (Phi) is 3.16. The number of aliphatic hydroxyl groups excluding tert-OH is 1. The van der Waals surface area contributed by atoms with Gasteiger partial charge in [0.2, 0.25) is 0 Å². The van der Waals surface area contributed by atoms with Crippen molar-refractivity contribution in [3.05, 3.63) is 11.6 Å². The first kappa shape index (κ1) is 13.1. The normalized spacial score (nSPS) is 49.9. The maximum Gasteiger partial charge on any atom is 0.0660 e. The van der Waals surface area contributed by atoms with Crippen LogP contribution in [0.15, 0.2) is 11.6 Å². The molecule has 2 rings (SSSR count). The van der Waals surface area contributed by atoms with E-state index in [0.29, 0.717) is 5.92 Å². The van der Waals surface area contributed by atoms with E-state index >= 15 is 0 Å². The lowest BCUT2D eigenvalue weighted by Crippen LogP contribution is -2.53. The summed E-state index contributed by atoms with van der Waals surface area (Å²) in [5.74, 6) is 0.628. The molecule has 5 atom stereocenters. The highest BCUT2D eigenvalue weighted by molar-refractivity contribution is 5.14. The summed E-state index contributed by atoms with van der Waals surface area (Å²) < 4.78 is 0. The zero-order valence-electron chi connectivity index (χ0n) is 11.5. The maximum atomic E-state index is 10.7. The molecule has 2 saturated carbocycles. The van der Waals surface area contributed by atoms with E-state index in [4.69, 9.17) is 0 Å². The van der Waals surface area contributed by atoms with E-state index in [1.54, 1.807) is 0 Å². The van der Waals surface area contributed by atoms with Gasteiger partial charge in [-0.25, -0.2) is 0 Å². The summed E-state index contributed by atoms with van der Waals surface area (Å²) in [5.41, 5.74) is 0.592. The number of rotatable bonds is 1. The Morgan fingerprint density at radius 3 is 2.41 bits per heavy atom.